The van der Waals surface area contributed by atoms with Crippen LogP contribution in [0.3, 0.4) is 0 Å². The van der Waals surface area contributed by atoms with Crippen LogP contribution in [-0.2, 0) is 12.8 Å². The Bertz CT molecular complexity index is 433. The Morgan fingerprint density at radius 2 is 2.36 bits per heavy atom. The first-order valence-corrected chi connectivity index (χ1v) is 4.87. The van der Waals surface area contributed by atoms with Gasteiger partial charge >= 0.3 is 0 Å². The highest BCUT2D eigenvalue weighted by Gasteiger charge is 2.09. The minimum absolute atomic E-state index is 0.648. The van der Waals surface area contributed by atoms with Gasteiger partial charge in [0.2, 0.25) is 5.78 Å². The third-order valence-corrected chi connectivity index (χ3v) is 2.30. The van der Waals surface area contributed by atoms with E-state index < -0.39 is 0 Å². The standard InChI is InChI=1S/C10H14N4/c1-2-8-9(4-5-11)14-7-3-6-12-10(14)13-8/h3,6-7H,2,4-5,11H2,1H3. The van der Waals surface area contributed by atoms with Gasteiger partial charge in [0.25, 0.3) is 0 Å². The zero-order valence-electron chi connectivity index (χ0n) is 8.27. The van der Waals surface area contributed by atoms with Gasteiger partial charge in [-0.1, -0.05) is 6.92 Å². The van der Waals surface area contributed by atoms with E-state index in [1.54, 1.807) is 6.20 Å². The highest BCUT2D eigenvalue weighted by Crippen LogP contribution is 2.11. The maximum atomic E-state index is 5.57. The molecule has 4 heteroatoms. The number of hydrogen-bond acceptors (Lipinski definition) is 3. The Morgan fingerprint density at radius 3 is 3.07 bits per heavy atom. The summed E-state index contributed by atoms with van der Waals surface area (Å²) < 4.78 is 2.02. The van der Waals surface area contributed by atoms with Crippen LogP contribution in [0.1, 0.15) is 18.3 Å². The first kappa shape index (κ1) is 9.15. The van der Waals surface area contributed by atoms with Crippen LogP contribution >= 0.6 is 0 Å². The van der Waals surface area contributed by atoms with Gasteiger partial charge < -0.3 is 5.73 Å². The average Bonchev–Trinajstić information content (AvgIpc) is 2.58. The number of imidazole rings is 1. The summed E-state index contributed by atoms with van der Waals surface area (Å²) >= 11 is 0. The van der Waals surface area contributed by atoms with Gasteiger partial charge in [-0.25, -0.2) is 9.97 Å². The Balaban J connectivity index is 2.61. The number of fused-ring (bicyclic) bond motifs is 1. The number of hydrogen-bond donors (Lipinski definition) is 1. The number of aryl methyl sites for hydroxylation is 1. The molecule has 74 valence electrons. The van der Waals surface area contributed by atoms with Gasteiger partial charge in [0, 0.05) is 24.5 Å². The summed E-state index contributed by atoms with van der Waals surface area (Å²) in [7, 11) is 0. The van der Waals surface area contributed by atoms with Crippen molar-refractivity contribution in [3.8, 4) is 0 Å². The van der Waals surface area contributed by atoms with Crippen molar-refractivity contribution in [3.05, 3.63) is 29.8 Å². The van der Waals surface area contributed by atoms with Crippen LogP contribution in [0.15, 0.2) is 18.5 Å². The lowest BCUT2D eigenvalue weighted by atomic mass is 10.2. The molecule has 14 heavy (non-hydrogen) atoms. The summed E-state index contributed by atoms with van der Waals surface area (Å²) in [5.41, 5.74) is 7.87. The molecule has 0 fully saturated rings. The van der Waals surface area contributed by atoms with E-state index in [-0.39, 0.29) is 0 Å². The number of rotatable bonds is 3. The minimum Gasteiger partial charge on any atom is -0.330 e. The smallest absolute Gasteiger partial charge is 0.234 e. The first-order valence-electron chi connectivity index (χ1n) is 4.87. The lowest BCUT2D eigenvalue weighted by Gasteiger charge is -2.00. The second-order valence-corrected chi connectivity index (χ2v) is 3.19. The summed E-state index contributed by atoms with van der Waals surface area (Å²) in [6.07, 6.45) is 5.53. The highest BCUT2D eigenvalue weighted by atomic mass is 15.1. The van der Waals surface area contributed by atoms with Crippen LogP contribution in [0.2, 0.25) is 0 Å². The van der Waals surface area contributed by atoms with Gasteiger partial charge in [-0.3, -0.25) is 4.40 Å². The topological polar surface area (TPSA) is 56.2 Å². The molecule has 2 rings (SSSR count). The molecule has 2 heterocycles. The Hall–Kier alpha value is -1.42. The van der Waals surface area contributed by atoms with Crippen molar-refractivity contribution in [2.24, 2.45) is 5.73 Å². The zero-order chi connectivity index (χ0) is 9.97. The van der Waals surface area contributed by atoms with Crippen LogP contribution in [0.25, 0.3) is 5.78 Å². The van der Waals surface area contributed by atoms with Gasteiger partial charge in [-0.05, 0) is 19.0 Å². The summed E-state index contributed by atoms with van der Waals surface area (Å²) in [4.78, 5) is 8.65. The van der Waals surface area contributed by atoms with Crippen molar-refractivity contribution >= 4 is 5.78 Å². The first-order chi connectivity index (χ1) is 6.86. The molecule has 0 aromatic carbocycles. The second-order valence-electron chi connectivity index (χ2n) is 3.19. The number of aromatic nitrogens is 3. The van der Waals surface area contributed by atoms with Crippen LogP contribution < -0.4 is 5.73 Å². The fraction of sp³-hybridized carbons (Fsp3) is 0.400. The van der Waals surface area contributed by atoms with Crippen molar-refractivity contribution in [3.63, 3.8) is 0 Å². The molecule has 0 aliphatic carbocycles. The van der Waals surface area contributed by atoms with E-state index >= 15 is 0 Å². The normalized spacial score (nSPS) is 11.0. The molecular formula is C10H14N4. The van der Waals surface area contributed by atoms with Crippen molar-refractivity contribution in [2.45, 2.75) is 19.8 Å². The van der Waals surface area contributed by atoms with E-state index in [0.29, 0.717) is 6.54 Å². The zero-order valence-corrected chi connectivity index (χ0v) is 8.27. The third-order valence-electron chi connectivity index (χ3n) is 2.30. The Labute approximate surface area is 82.8 Å². The van der Waals surface area contributed by atoms with Crippen LogP contribution in [0, 0.1) is 0 Å². The van der Waals surface area contributed by atoms with E-state index in [9.17, 15) is 0 Å². The molecule has 0 amide bonds. The van der Waals surface area contributed by atoms with Crippen molar-refractivity contribution in [1.29, 1.82) is 0 Å². The SMILES string of the molecule is CCc1nc2ncccn2c1CCN. The molecule has 0 radical (unpaired) electrons. The lowest BCUT2D eigenvalue weighted by Crippen LogP contribution is -2.07. The molecular weight excluding hydrogens is 176 g/mol. The highest BCUT2D eigenvalue weighted by molar-refractivity contribution is 5.35. The van der Waals surface area contributed by atoms with E-state index in [4.69, 9.17) is 5.73 Å². The number of nitrogens with two attached hydrogens (primary N) is 1. The van der Waals surface area contributed by atoms with Gasteiger partial charge in [0.05, 0.1) is 5.69 Å². The third kappa shape index (κ3) is 1.37. The molecule has 2 aromatic rings. The Kier molecular flexibility index (Phi) is 2.45. The quantitative estimate of drug-likeness (QED) is 0.778. The predicted molar refractivity (Wildman–Crippen MR) is 55.1 cm³/mol. The molecule has 0 atom stereocenters. The van der Waals surface area contributed by atoms with Crippen LogP contribution in [-0.4, -0.2) is 20.9 Å². The van der Waals surface area contributed by atoms with Gasteiger partial charge in [-0.15, -0.1) is 0 Å². The van der Waals surface area contributed by atoms with Crippen LogP contribution in [0.4, 0.5) is 0 Å². The Morgan fingerprint density at radius 1 is 1.50 bits per heavy atom. The van der Waals surface area contributed by atoms with E-state index in [0.717, 1.165) is 24.3 Å². The number of nitrogens with zero attached hydrogens (tertiary/aromatic N) is 3. The molecule has 0 bridgehead atoms. The van der Waals surface area contributed by atoms with E-state index in [2.05, 4.69) is 16.9 Å². The van der Waals surface area contributed by atoms with Gasteiger partial charge in [-0.2, -0.15) is 0 Å². The van der Waals surface area contributed by atoms with Crippen molar-refractivity contribution in [2.75, 3.05) is 6.54 Å². The molecule has 0 aliphatic rings. The summed E-state index contributed by atoms with van der Waals surface area (Å²) in [5, 5.41) is 0. The molecule has 0 saturated carbocycles. The van der Waals surface area contributed by atoms with Crippen molar-refractivity contribution in [1.82, 2.24) is 14.4 Å². The average molecular weight is 190 g/mol. The molecule has 2 aromatic heterocycles. The maximum absolute atomic E-state index is 5.57. The molecule has 0 unspecified atom stereocenters. The summed E-state index contributed by atoms with van der Waals surface area (Å²) in [5.74, 6) is 0.771. The van der Waals surface area contributed by atoms with Crippen molar-refractivity contribution < 1.29 is 0 Å². The van der Waals surface area contributed by atoms with Crippen LogP contribution in [0.5, 0.6) is 0 Å². The maximum Gasteiger partial charge on any atom is 0.234 e. The molecule has 4 nitrogen and oxygen atoms in total. The summed E-state index contributed by atoms with van der Waals surface area (Å²) in [6.45, 7) is 2.75. The molecule has 0 spiro atoms. The fourth-order valence-corrected chi connectivity index (χ4v) is 1.67. The van der Waals surface area contributed by atoms with E-state index in [1.807, 2.05) is 16.7 Å². The largest absolute Gasteiger partial charge is 0.330 e. The predicted octanol–water partition coefficient (Wildman–Crippen LogP) is 0.793. The fourth-order valence-electron chi connectivity index (χ4n) is 1.67. The van der Waals surface area contributed by atoms with Gasteiger partial charge in [0.15, 0.2) is 0 Å². The van der Waals surface area contributed by atoms with Gasteiger partial charge in [0.1, 0.15) is 0 Å². The lowest BCUT2D eigenvalue weighted by molar-refractivity contribution is 0.874. The molecule has 2 N–H and O–H groups in total. The van der Waals surface area contributed by atoms with E-state index in [1.165, 1.54) is 5.69 Å². The second kappa shape index (κ2) is 3.75. The monoisotopic (exact) mass is 190 g/mol. The molecule has 0 aliphatic heterocycles. The molecule has 0 saturated heterocycles. The summed E-state index contributed by atoms with van der Waals surface area (Å²) in [6, 6.07) is 1.91. The minimum atomic E-state index is 0.648.